The summed E-state index contributed by atoms with van der Waals surface area (Å²) in [6.45, 7) is 3.97. The highest BCUT2D eigenvalue weighted by Gasteiger charge is 2.22. The molecule has 3 rings (SSSR count). The summed E-state index contributed by atoms with van der Waals surface area (Å²) in [5, 5.41) is 4.69. The molecule has 0 aliphatic carbocycles. The van der Waals surface area contributed by atoms with Gasteiger partial charge in [-0.1, -0.05) is 30.3 Å². The standard InChI is InChI=1S/C16H21N3OS/c1-11(12-7-9-20-10-8-12)18-16-14(15(17)19-21-16)13-5-3-2-4-6-13/h2-6,11-12,18H,7-10H2,1H3,(H2,17,19). The van der Waals surface area contributed by atoms with Crippen LogP contribution in [0, 0.1) is 5.92 Å². The number of hydrogen-bond acceptors (Lipinski definition) is 5. The molecule has 2 heterocycles. The van der Waals surface area contributed by atoms with Crippen molar-refractivity contribution in [3.8, 4) is 11.1 Å². The van der Waals surface area contributed by atoms with Crippen molar-refractivity contribution < 1.29 is 4.74 Å². The Morgan fingerprint density at radius 3 is 2.71 bits per heavy atom. The van der Waals surface area contributed by atoms with Crippen LogP contribution in [0.5, 0.6) is 0 Å². The minimum absolute atomic E-state index is 0.399. The molecule has 0 saturated carbocycles. The Hall–Kier alpha value is -1.59. The van der Waals surface area contributed by atoms with E-state index in [1.165, 1.54) is 11.5 Å². The minimum atomic E-state index is 0.399. The molecular formula is C16H21N3OS. The molecule has 1 fully saturated rings. The molecule has 21 heavy (non-hydrogen) atoms. The lowest BCUT2D eigenvalue weighted by atomic mass is 9.93. The maximum atomic E-state index is 6.07. The Balaban J connectivity index is 1.80. The maximum absolute atomic E-state index is 6.07. The van der Waals surface area contributed by atoms with Crippen molar-refractivity contribution in [2.45, 2.75) is 25.8 Å². The minimum Gasteiger partial charge on any atom is -0.382 e. The van der Waals surface area contributed by atoms with E-state index in [2.05, 4.69) is 28.7 Å². The molecule has 0 radical (unpaired) electrons. The first kappa shape index (κ1) is 14.4. The molecule has 1 aromatic heterocycles. The third-order valence-corrected chi connectivity index (χ3v) is 4.91. The third-order valence-electron chi connectivity index (χ3n) is 4.11. The topological polar surface area (TPSA) is 60.2 Å². The summed E-state index contributed by atoms with van der Waals surface area (Å²) in [5.74, 6) is 1.25. The fraction of sp³-hybridized carbons (Fsp3) is 0.438. The fourth-order valence-corrected chi connectivity index (χ4v) is 3.66. The molecule has 112 valence electrons. The van der Waals surface area contributed by atoms with Gasteiger partial charge in [0.1, 0.15) is 10.8 Å². The zero-order valence-electron chi connectivity index (χ0n) is 12.2. The van der Waals surface area contributed by atoms with Crippen LogP contribution < -0.4 is 11.1 Å². The molecule has 0 amide bonds. The van der Waals surface area contributed by atoms with Gasteiger partial charge in [-0.3, -0.25) is 0 Å². The van der Waals surface area contributed by atoms with Gasteiger partial charge >= 0.3 is 0 Å². The summed E-state index contributed by atoms with van der Waals surface area (Å²) in [6.07, 6.45) is 2.23. The number of benzene rings is 1. The van der Waals surface area contributed by atoms with Gasteiger partial charge in [-0.2, -0.15) is 4.37 Å². The molecule has 3 N–H and O–H groups in total. The second-order valence-electron chi connectivity index (χ2n) is 5.52. The van der Waals surface area contributed by atoms with E-state index < -0.39 is 0 Å². The smallest absolute Gasteiger partial charge is 0.147 e. The van der Waals surface area contributed by atoms with Gasteiger partial charge in [0.25, 0.3) is 0 Å². The normalized spacial score (nSPS) is 17.6. The number of aromatic nitrogens is 1. The van der Waals surface area contributed by atoms with E-state index in [1.807, 2.05) is 18.2 Å². The van der Waals surface area contributed by atoms with Crippen molar-refractivity contribution >= 4 is 22.4 Å². The van der Waals surface area contributed by atoms with Crippen molar-refractivity contribution in [3.05, 3.63) is 30.3 Å². The average Bonchev–Trinajstić information content (AvgIpc) is 2.89. The van der Waals surface area contributed by atoms with Crippen molar-refractivity contribution in [2.24, 2.45) is 5.92 Å². The number of nitrogen functional groups attached to an aromatic ring is 1. The Bertz CT molecular complexity index is 578. The predicted octanol–water partition coefficient (Wildman–Crippen LogP) is 3.62. The molecular weight excluding hydrogens is 282 g/mol. The van der Waals surface area contributed by atoms with Crippen LogP contribution in [0.25, 0.3) is 11.1 Å². The summed E-state index contributed by atoms with van der Waals surface area (Å²) >= 11 is 1.45. The predicted molar refractivity (Wildman–Crippen MR) is 88.6 cm³/mol. The van der Waals surface area contributed by atoms with E-state index in [9.17, 15) is 0 Å². The van der Waals surface area contributed by atoms with Gasteiger partial charge in [0.05, 0.1) is 5.56 Å². The highest BCUT2D eigenvalue weighted by molar-refractivity contribution is 7.11. The lowest BCUT2D eigenvalue weighted by molar-refractivity contribution is 0.0623. The van der Waals surface area contributed by atoms with E-state index in [-0.39, 0.29) is 0 Å². The van der Waals surface area contributed by atoms with Crippen LogP contribution in [0.15, 0.2) is 30.3 Å². The largest absolute Gasteiger partial charge is 0.382 e. The molecule has 1 aliphatic rings. The molecule has 1 saturated heterocycles. The molecule has 5 heteroatoms. The fourth-order valence-electron chi connectivity index (χ4n) is 2.83. The van der Waals surface area contributed by atoms with E-state index >= 15 is 0 Å². The summed E-state index contributed by atoms with van der Waals surface area (Å²) in [5.41, 5.74) is 8.21. The number of nitrogens with one attached hydrogen (secondary N) is 1. The van der Waals surface area contributed by atoms with Crippen molar-refractivity contribution in [2.75, 3.05) is 24.3 Å². The lowest BCUT2D eigenvalue weighted by Crippen LogP contribution is -2.30. The molecule has 1 unspecified atom stereocenters. The van der Waals surface area contributed by atoms with Crippen LogP contribution in [-0.4, -0.2) is 23.6 Å². The van der Waals surface area contributed by atoms with E-state index in [1.54, 1.807) is 0 Å². The van der Waals surface area contributed by atoms with Crippen LogP contribution in [0.3, 0.4) is 0 Å². The van der Waals surface area contributed by atoms with Crippen molar-refractivity contribution in [1.29, 1.82) is 0 Å². The number of nitrogens with zero attached hydrogens (tertiary/aromatic N) is 1. The molecule has 4 nitrogen and oxygen atoms in total. The first-order chi connectivity index (χ1) is 10.3. The summed E-state index contributed by atoms with van der Waals surface area (Å²) < 4.78 is 9.76. The maximum Gasteiger partial charge on any atom is 0.147 e. The SMILES string of the molecule is CC(Nc1snc(N)c1-c1ccccc1)C1CCOCC1. The zero-order valence-corrected chi connectivity index (χ0v) is 13.0. The van der Waals surface area contributed by atoms with Gasteiger partial charge in [0.2, 0.25) is 0 Å². The monoisotopic (exact) mass is 303 g/mol. The molecule has 1 aromatic carbocycles. The number of ether oxygens (including phenoxy) is 1. The highest BCUT2D eigenvalue weighted by Crippen LogP contribution is 2.37. The summed E-state index contributed by atoms with van der Waals surface area (Å²) in [6, 6.07) is 10.6. The zero-order chi connectivity index (χ0) is 14.7. The first-order valence-electron chi connectivity index (χ1n) is 7.40. The van der Waals surface area contributed by atoms with Crippen LogP contribution >= 0.6 is 11.5 Å². The van der Waals surface area contributed by atoms with Crippen LogP contribution in [0.2, 0.25) is 0 Å². The summed E-state index contributed by atoms with van der Waals surface area (Å²) in [7, 11) is 0. The molecule has 2 aromatic rings. The van der Waals surface area contributed by atoms with Gasteiger partial charge in [0.15, 0.2) is 0 Å². The van der Waals surface area contributed by atoms with Crippen LogP contribution in [0.1, 0.15) is 19.8 Å². The van der Waals surface area contributed by atoms with Crippen LogP contribution in [0.4, 0.5) is 10.8 Å². The Morgan fingerprint density at radius 2 is 2.00 bits per heavy atom. The van der Waals surface area contributed by atoms with Crippen molar-refractivity contribution in [3.63, 3.8) is 0 Å². The molecule has 1 aliphatic heterocycles. The van der Waals surface area contributed by atoms with E-state index in [0.29, 0.717) is 17.8 Å². The second-order valence-corrected chi connectivity index (χ2v) is 6.29. The Labute approximate surface area is 129 Å². The van der Waals surface area contributed by atoms with E-state index in [4.69, 9.17) is 10.5 Å². The lowest BCUT2D eigenvalue weighted by Gasteiger charge is -2.28. The van der Waals surface area contributed by atoms with E-state index in [0.717, 1.165) is 42.2 Å². The second kappa shape index (κ2) is 6.45. The number of rotatable bonds is 4. The Kier molecular flexibility index (Phi) is 4.41. The van der Waals surface area contributed by atoms with Gasteiger partial charge in [-0.05, 0) is 42.8 Å². The molecule has 1 atom stereocenters. The van der Waals surface area contributed by atoms with Gasteiger partial charge in [-0.15, -0.1) is 0 Å². The average molecular weight is 303 g/mol. The van der Waals surface area contributed by atoms with Gasteiger partial charge < -0.3 is 15.8 Å². The first-order valence-corrected chi connectivity index (χ1v) is 8.18. The molecule has 0 spiro atoms. The number of hydrogen-bond donors (Lipinski definition) is 2. The Morgan fingerprint density at radius 1 is 1.29 bits per heavy atom. The van der Waals surface area contributed by atoms with Crippen LogP contribution in [-0.2, 0) is 4.74 Å². The van der Waals surface area contributed by atoms with Gasteiger partial charge in [0, 0.05) is 19.3 Å². The highest BCUT2D eigenvalue weighted by atomic mass is 32.1. The number of nitrogens with two attached hydrogens (primary N) is 1. The quantitative estimate of drug-likeness (QED) is 0.905. The van der Waals surface area contributed by atoms with Crippen molar-refractivity contribution in [1.82, 2.24) is 4.37 Å². The van der Waals surface area contributed by atoms with Gasteiger partial charge in [-0.25, -0.2) is 0 Å². The number of anilines is 2. The summed E-state index contributed by atoms with van der Waals surface area (Å²) in [4.78, 5) is 0. The third kappa shape index (κ3) is 3.19. The molecule has 0 bridgehead atoms.